The number of hydrogen-bond donors (Lipinski definition) is 2. The van der Waals surface area contributed by atoms with Crippen molar-refractivity contribution in [2.75, 3.05) is 17.7 Å². The summed E-state index contributed by atoms with van der Waals surface area (Å²) in [5, 5.41) is 12.5. The first kappa shape index (κ1) is 22.4. The van der Waals surface area contributed by atoms with E-state index in [2.05, 4.69) is 30.8 Å². The molecule has 0 aliphatic rings. The lowest BCUT2D eigenvalue weighted by atomic mass is 10.1. The number of halogens is 4. The van der Waals surface area contributed by atoms with Crippen molar-refractivity contribution in [1.82, 2.24) is 25.0 Å². The van der Waals surface area contributed by atoms with Crippen LogP contribution >= 0.6 is 11.6 Å². The van der Waals surface area contributed by atoms with Crippen LogP contribution in [0.1, 0.15) is 29.8 Å². The summed E-state index contributed by atoms with van der Waals surface area (Å²) in [7, 11) is 1.47. The Morgan fingerprint density at radius 1 is 1.19 bits per heavy atom. The summed E-state index contributed by atoms with van der Waals surface area (Å²) < 4.78 is 45.8. The number of amides is 2. The summed E-state index contributed by atoms with van der Waals surface area (Å²) in [6, 6.07) is -0.0733. The van der Waals surface area contributed by atoms with Crippen LogP contribution in [0.5, 0.6) is 0 Å². The summed E-state index contributed by atoms with van der Waals surface area (Å²) in [4.78, 5) is 21.0. The Hall–Kier alpha value is -3.25. The number of ether oxygens (including phenoxy) is 1. The van der Waals surface area contributed by atoms with E-state index in [9.17, 15) is 18.0 Å². The largest absolute Gasteiger partial charge is 0.420 e. The molecule has 0 spiro atoms. The molecule has 0 aromatic carbocycles. The number of carbonyl (C=O) groups is 1. The maximum absolute atomic E-state index is 13.5. The SMILES string of the molecule is CO[C@@H](C)c1c(NC(=O)Nc2cnc(-n3nccn3)c(C(F)(F)F)c2)cnc(C)c1Cl. The van der Waals surface area contributed by atoms with Gasteiger partial charge in [0.05, 0.1) is 53.0 Å². The van der Waals surface area contributed by atoms with Gasteiger partial charge in [-0.3, -0.25) is 4.98 Å². The Morgan fingerprint density at radius 3 is 2.48 bits per heavy atom. The van der Waals surface area contributed by atoms with Crippen LogP contribution in [0.15, 0.2) is 30.9 Å². The van der Waals surface area contributed by atoms with Gasteiger partial charge in [0, 0.05) is 12.7 Å². The van der Waals surface area contributed by atoms with Crippen LogP contribution in [0.3, 0.4) is 0 Å². The molecular formula is C18H17ClF3N7O2. The van der Waals surface area contributed by atoms with E-state index in [0.717, 1.165) is 17.1 Å². The molecular weight excluding hydrogens is 439 g/mol. The van der Waals surface area contributed by atoms with Gasteiger partial charge in [-0.2, -0.15) is 23.4 Å². The molecule has 0 aliphatic heterocycles. The van der Waals surface area contributed by atoms with E-state index < -0.39 is 29.7 Å². The molecule has 1 atom stereocenters. The zero-order valence-electron chi connectivity index (χ0n) is 16.5. The third-order valence-electron chi connectivity index (χ3n) is 4.28. The first-order valence-electron chi connectivity index (χ1n) is 8.81. The number of alkyl halides is 3. The summed E-state index contributed by atoms with van der Waals surface area (Å²) in [5.41, 5.74) is -0.0262. The van der Waals surface area contributed by atoms with Crippen molar-refractivity contribution in [3.8, 4) is 5.82 Å². The van der Waals surface area contributed by atoms with Gasteiger partial charge in [0.1, 0.15) is 5.56 Å². The van der Waals surface area contributed by atoms with E-state index in [1.54, 1.807) is 13.8 Å². The molecule has 0 bridgehead atoms. The zero-order valence-corrected chi connectivity index (χ0v) is 17.3. The van der Waals surface area contributed by atoms with Gasteiger partial charge < -0.3 is 15.4 Å². The number of urea groups is 1. The van der Waals surface area contributed by atoms with Crippen molar-refractivity contribution in [3.63, 3.8) is 0 Å². The lowest BCUT2D eigenvalue weighted by molar-refractivity contribution is -0.137. The van der Waals surface area contributed by atoms with E-state index in [0.29, 0.717) is 16.3 Å². The van der Waals surface area contributed by atoms with Crippen molar-refractivity contribution >= 4 is 29.0 Å². The van der Waals surface area contributed by atoms with Crippen molar-refractivity contribution in [2.24, 2.45) is 0 Å². The molecule has 13 heteroatoms. The molecule has 3 aromatic rings. The van der Waals surface area contributed by atoms with Gasteiger partial charge in [0.25, 0.3) is 0 Å². The molecule has 164 valence electrons. The number of carbonyl (C=O) groups excluding carboxylic acids is 1. The molecule has 2 N–H and O–H groups in total. The van der Waals surface area contributed by atoms with E-state index in [1.807, 2.05) is 0 Å². The molecule has 3 rings (SSSR count). The predicted molar refractivity (Wildman–Crippen MR) is 106 cm³/mol. The second kappa shape index (κ2) is 8.86. The fourth-order valence-electron chi connectivity index (χ4n) is 2.72. The number of aromatic nitrogens is 5. The van der Waals surface area contributed by atoms with E-state index in [-0.39, 0.29) is 11.4 Å². The van der Waals surface area contributed by atoms with Gasteiger partial charge in [0.15, 0.2) is 5.82 Å². The number of pyridine rings is 2. The van der Waals surface area contributed by atoms with Crippen molar-refractivity contribution in [2.45, 2.75) is 26.1 Å². The number of methoxy groups -OCH3 is 1. The average Bonchev–Trinajstić information content (AvgIpc) is 3.24. The number of anilines is 2. The van der Waals surface area contributed by atoms with Crippen molar-refractivity contribution in [1.29, 1.82) is 0 Å². The Morgan fingerprint density at radius 2 is 1.87 bits per heavy atom. The quantitative estimate of drug-likeness (QED) is 0.591. The fraction of sp³-hybridized carbons (Fsp3) is 0.278. The maximum atomic E-state index is 13.5. The molecule has 0 saturated carbocycles. The molecule has 0 saturated heterocycles. The monoisotopic (exact) mass is 455 g/mol. The van der Waals surface area contributed by atoms with Crippen LogP contribution in [0.4, 0.5) is 29.3 Å². The third kappa shape index (κ3) is 4.91. The first-order valence-corrected chi connectivity index (χ1v) is 9.19. The molecule has 0 radical (unpaired) electrons. The van der Waals surface area contributed by atoms with Crippen LogP contribution in [-0.4, -0.2) is 38.1 Å². The van der Waals surface area contributed by atoms with Crippen LogP contribution < -0.4 is 10.6 Å². The Bertz CT molecular complexity index is 1090. The second-order valence-corrected chi connectivity index (χ2v) is 6.73. The number of nitrogens with one attached hydrogen (secondary N) is 2. The second-order valence-electron chi connectivity index (χ2n) is 6.35. The van der Waals surface area contributed by atoms with Gasteiger partial charge in [0.2, 0.25) is 0 Å². The predicted octanol–water partition coefficient (Wildman–Crippen LogP) is 4.39. The fourth-order valence-corrected chi connectivity index (χ4v) is 3.02. The smallest absolute Gasteiger partial charge is 0.377 e. The summed E-state index contributed by atoms with van der Waals surface area (Å²) >= 11 is 6.29. The topological polar surface area (TPSA) is 107 Å². The normalized spacial score (nSPS) is 12.5. The number of aryl methyl sites for hydroxylation is 1. The van der Waals surface area contributed by atoms with E-state index in [1.165, 1.54) is 25.7 Å². The van der Waals surface area contributed by atoms with Gasteiger partial charge in [-0.1, -0.05) is 11.6 Å². The molecule has 9 nitrogen and oxygen atoms in total. The molecule has 0 fully saturated rings. The summed E-state index contributed by atoms with van der Waals surface area (Å²) in [6.45, 7) is 3.42. The Balaban J connectivity index is 1.87. The highest BCUT2D eigenvalue weighted by Gasteiger charge is 2.36. The molecule has 0 unspecified atom stereocenters. The molecule has 0 aliphatic carbocycles. The first-order chi connectivity index (χ1) is 14.6. The van der Waals surface area contributed by atoms with Crippen molar-refractivity contribution in [3.05, 3.63) is 52.7 Å². The molecule has 3 heterocycles. The summed E-state index contributed by atoms with van der Waals surface area (Å²) in [5.74, 6) is -0.519. The Kier molecular flexibility index (Phi) is 6.41. The highest BCUT2D eigenvalue weighted by molar-refractivity contribution is 6.32. The van der Waals surface area contributed by atoms with Gasteiger partial charge in [-0.15, -0.1) is 4.80 Å². The van der Waals surface area contributed by atoms with Gasteiger partial charge >= 0.3 is 12.2 Å². The third-order valence-corrected chi connectivity index (χ3v) is 4.76. The minimum atomic E-state index is -4.75. The molecule has 31 heavy (non-hydrogen) atoms. The highest BCUT2D eigenvalue weighted by Crippen LogP contribution is 2.35. The number of rotatable bonds is 5. The molecule has 3 aromatic heterocycles. The molecule has 2 amide bonds. The minimum absolute atomic E-state index is 0.187. The van der Waals surface area contributed by atoms with Crippen LogP contribution in [0, 0.1) is 6.92 Å². The van der Waals surface area contributed by atoms with Crippen LogP contribution in [0.25, 0.3) is 5.82 Å². The van der Waals surface area contributed by atoms with E-state index in [4.69, 9.17) is 16.3 Å². The van der Waals surface area contributed by atoms with E-state index >= 15 is 0 Å². The van der Waals surface area contributed by atoms with Gasteiger partial charge in [-0.05, 0) is 19.9 Å². The lowest BCUT2D eigenvalue weighted by Gasteiger charge is -2.19. The number of nitrogens with zero attached hydrogens (tertiary/aromatic N) is 5. The zero-order chi connectivity index (χ0) is 22.8. The number of hydrogen-bond acceptors (Lipinski definition) is 6. The van der Waals surface area contributed by atoms with Crippen molar-refractivity contribution < 1.29 is 22.7 Å². The maximum Gasteiger partial charge on any atom is 0.420 e. The lowest BCUT2D eigenvalue weighted by Crippen LogP contribution is -2.22. The van der Waals surface area contributed by atoms with Crippen LogP contribution in [-0.2, 0) is 10.9 Å². The minimum Gasteiger partial charge on any atom is -0.377 e. The standard InChI is InChI=1S/C18H17ClF3N7O2/c1-9-15(19)14(10(2)31-3)13(8-23-9)28-17(30)27-11-6-12(18(20,21)22)16(24-7-11)29-25-4-5-26-29/h4-8,10H,1-3H3,(H2,27,28,30)/t10-/m0/s1. The van der Waals surface area contributed by atoms with Gasteiger partial charge in [-0.25, -0.2) is 9.78 Å². The Labute approximate surface area is 179 Å². The highest BCUT2D eigenvalue weighted by atomic mass is 35.5. The summed E-state index contributed by atoms with van der Waals surface area (Å²) in [6.07, 6.45) is -0.325. The average molecular weight is 456 g/mol. The van der Waals surface area contributed by atoms with Crippen LogP contribution in [0.2, 0.25) is 5.02 Å².